The van der Waals surface area contributed by atoms with Gasteiger partial charge in [-0.05, 0) is 23.6 Å². The van der Waals surface area contributed by atoms with E-state index in [2.05, 4.69) is 15.3 Å². The third-order valence-electron chi connectivity index (χ3n) is 4.14. The topological polar surface area (TPSA) is 58.1 Å². The monoisotopic (exact) mass is 364 g/mol. The van der Waals surface area contributed by atoms with Crippen LogP contribution in [0.4, 0.5) is 10.3 Å². The Morgan fingerprint density at radius 1 is 1.04 bits per heavy atom. The van der Waals surface area contributed by atoms with E-state index < -0.39 is 0 Å². The molecule has 3 aromatic rings. The van der Waals surface area contributed by atoms with Crippen molar-refractivity contribution in [2.75, 3.05) is 18.9 Å². The number of carbonyl (C=O) groups excluding carboxylic acids is 1. The molecular formula is C21H21FN4O. The van der Waals surface area contributed by atoms with Gasteiger partial charge in [0.25, 0.3) is 5.91 Å². The number of aromatic nitrogens is 2. The standard InChI is InChI=1S/C21H21FN4O/c1-26(15-16-7-3-2-4-8-16)20(27)18-13-24-21(25-14-18)23-12-11-17-9-5-6-10-19(17)22/h2-10,13-14H,11-12,15H2,1H3,(H,23,24,25). The molecule has 0 unspecified atom stereocenters. The van der Waals surface area contributed by atoms with E-state index in [1.54, 1.807) is 30.1 Å². The lowest BCUT2D eigenvalue weighted by atomic mass is 10.1. The molecule has 138 valence electrons. The Labute approximate surface area is 157 Å². The summed E-state index contributed by atoms with van der Waals surface area (Å²) in [5, 5.41) is 3.04. The molecule has 1 heterocycles. The second kappa shape index (κ2) is 8.89. The van der Waals surface area contributed by atoms with E-state index in [4.69, 9.17) is 0 Å². The molecule has 1 aromatic heterocycles. The number of nitrogens with zero attached hydrogens (tertiary/aromatic N) is 3. The maximum Gasteiger partial charge on any atom is 0.257 e. The lowest BCUT2D eigenvalue weighted by Crippen LogP contribution is -2.26. The van der Waals surface area contributed by atoms with E-state index in [9.17, 15) is 9.18 Å². The van der Waals surface area contributed by atoms with Crippen LogP contribution in [0.1, 0.15) is 21.5 Å². The van der Waals surface area contributed by atoms with Crippen molar-refractivity contribution >= 4 is 11.9 Å². The molecule has 0 aliphatic carbocycles. The van der Waals surface area contributed by atoms with Crippen molar-refractivity contribution in [3.63, 3.8) is 0 Å². The number of anilines is 1. The zero-order chi connectivity index (χ0) is 19.1. The molecule has 0 spiro atoms. The maximum atomic E-state index is 13.6. The van der Waals surface area contributed by atoms with Gasteiger partial charge < -0.3 is 10.2 Å². The Morgan fingerprint density at radius 2 is 1.70 bits per heavy atom. The third-order valence-corrected chi connectivity index (χ3v) is 4.14. The van der Waals surface area contributed by atoms with Gasteiger partial charge in [-0.15, -0.1) is 0 Å². The van der Waals surface area contributed by atoms with E-state index in [-0.39, 0.29) is 11.7 Å². The number of benzene rings is 2. The summed E-state index contributed by atoms with van der Waals surface area (Å²) in [4.78, 5) is 22.5. The number of hydrogen-bond acceptors (Lipinski definition) is 4. The summed E-state index contributed by atoms with van der Waals surface area (Å²) in [6.45, 7) is 1.02. The first kappa shape index (κ1) is 18.5. The maximum absolute atomic E-state index is 13.6. The molecule has 0 radical (unpaired) electrons. The van der Waals surface area contributed by atoms with Gasteiger partial charge in [0.15, 0.2) is 0 Å². The predicted octanol–water partition coefficient (Wildman–Crippen LogP) is 3.54. The predicted molar refractivity (Wildman–Crippen MR) is 103 cm³/mol. The summed E-state index contributed by atoms with van der Waals surface area (Å²) in [6.07, 6.45) is 3.53. The van der Waals surface area contributed by atoms with Gasteiger partial charge in [-0.2, -0.15) is 0 Å². The van der Waals surface area contributed by atoms with Crippen molar-refractivity contribution in [2.24, 2.45) is 0 Å². The van der Waals surface area contributed by atoms with Gasteiger partial charge in [0.05, 0.1) is 5.56 Å². The summed E-state index contributed by atoms with van der Waals surface area (Å²) in [7, 11) is 1.75. The fourth-order valence-corrected chi connectivity index (χ4v) is 2.69. The molecule has 1 amide bonds. The molecule has 3 rings (SSSR count). The van der Waals surface area contributed by atoms with Crippen LogP contribution < -0.4 is 5.32 Å². The molecule has 5 nitrogen and oxygen atoms in total. The van der Waals surface area contributed by atoms with Crippen molar-refractivity contribution < 1.29 is 9.18 Å². The normalized spacial score (nSPS) is 10.4. The van der Waals surface area contributed by atoms with Gasteiger partial charge >= 0.3 is 0 Å². The van der Waals surface area contributed by atoms with Gasteiger partial charge in [0.2, 0.25) is 5.95 Å². The Bertz CT molecular complexity index is 884. The summed E-state index contributed by atoms with van der Waals surface area (Å²) >= 11 is 0. The Hall–Kier alpha value is -3.28. The van der Waals surface area contributed by atoms with Crippen molar-refractivity contribution in [3.05, 3.63) is 89.5 Å². The molecule has 1 N–H and O–H groups in total. The molecule has 6 heteroatoms. The largest absolute Gasteiger partial charge is 0.354 e. The second-order valence-corrected chi connectivity index (χ2v) is 6.21. The number of hydrogen-bond donors (Lipinski definition) is 1. The SMILES string of the molecule is CN(Cc1ccccc1)C(=O)c1cnc(NCCc2ccccc2F)nc1. The first-order valence-corrected chi connectivity index (χ1v) is 8.72. The Balaban J connectivity index is 1.53. The summed E-state index contributed by atoms with van der Waals surface area (Å²) < 4.78 is 13.6. The fraction of sp³-hybridized carbons (Fsp3) is 0.190. The number of halogens is 1. The molecule has 0 aliphatic heterocycles. The fourth-order valence-electron chi connectivity index (χ4n) is 2.69. The van der Waals surface area contributed by atoms with Crippen molar-refractivity contribution in [1.82, 2.24) is 14.9 Å². The number of amides is 1. The molecule has 0 aliphatic rings. The minimum absolute atomic E-state index is 0.142. The minimum atomic E-state index is -0.220. The van der Waals surface area contributed by atoms with Crippen LogP contribution in [0.5, 0.6) is 0 Å². The minimum Gasteiger partial charge on any atom is -0.354 e. The summed E-state index contributed by atoms with van der Waals surface area (Å²) in [6, 6.07) is 16.4. The molecule has 0 atom stereocenters. The lowest BCUT2D eigenvalue weighted by Gasteiger charge is -2.17. The highest BCUT2D eigenvalue weighted by molar-refractivity contribution is 5.93. The van der Waals surface area contributed by atoms with Gasteiger partial charge in [-0.1, -0.05) is 48.5 Å². The van der Waals surface area contributed by atoms with E-state index >= 15 is 0 Å². The van der Waals surface area contributed by atoms with Crippen LogP contribution in [0.3, 0.4) is 0 Å². The zero-order valence-electron chi connectivity index (χ0n) is 15.1. The van der Waals surface area contributed by atoms with E-state index in [0.717, 1.165) is 5.56 Å². The molecule has 0 saturated carbocycles. The van der Waals surface area contributed by atoms with Crippen LogP contribution >= 0.6 is 0 Å². The molecular weight excluding hydrogens is 343 g/mol. The number of nitrogens with one attached hydrogen (secondary N) is 1. The van der Waals surface area contributed by atoms with Crippen LogP contribution in [0, 0.1) is 5.82 Å². The third kappa shape index (κ3) is 5.10. The Morgan fingerprint density at radius 3 is 2.41 bits per heavy atom. The lowest BCUT2D eigenvalue weighted by molar-refractivity contribution is 0.0784. The van der Waals surface area contributed by atoms with Crippen LogP contribution in [-0.4, -0.2) is 34.4 Å². The molecule has 27 heavy (non-hydrogen) atoms. The van der Waals surface area contributed by atoms with E-state index in [1.807, 2.05) is 30.3 Å². The quantitative estimate of drug-likeness (QED) is 0.697. The van der Waals surface area contributed by atoms with Crippen LogP contribution in [-0.2, 0) is 13.0 Å². The molecule has 2 aromatic carbocycles. The highest BCUT2D eigenvalue weighted by Crippen LogP contribution is 2.09. The van der Waals surface area contributed by atoms with Gasteiger partial charge in [0.1, 0.15) is 5.82 Å². The number of carbonyl (C=O) groups is 1. The average Bonchev–Trinajstić information content (AvgIpc) is 2.70. The molecule has 0 fully saturated rings. The van der Waals surface area contributed by atoms with E-state index in [0.29, 0.717) is 36.6 Å². The van der Waals surface area contributed by atoms with Gasteiger partial charge in [0, 0.05) is 32.5 Å². The highest BCUT2D eigenvalue weighted by atomic mass is 19.1. The van der Waals surface area contributed by atoms with Crippen LogP contribution in [0.25, 0.3) is 0 Å². The first-order valence-electron chi connectivity index (χ1n) is 8.72. The van der Waals surface area contributed by atoms with E-state index in [1.165, 1.54) is 18.5 Å². The van der Waals surface area contributed by atoms with Crippen molar-refractivity contribution in [1.29, 1.82) is 0 Å². The van der Waals surface area contributed by atoms with Crippen LogP contribution in [0.2, 0.25) is 0 Å². The summed E-state index contributed by atoms with van der Waals surface area (Å²) in [5.74, 6) is 0.0491. The zero-order valence-corrected chi connectivity index (χ0v) is 15.1. The van der Waals surface area contributed by atoms with Crippen molar-refractivity contribution in [3.8, 4) is 0 Å². The second-order valence-electron chi connectivity index (χ2n) is 6.21. The van der Waals surface area contributed by atoms with Crippen molar-refractivity contribution in [2.45, 2.75) is 13.0 Å². The smallest absolute Gasteiger partial charge is 0.257 e. The average molecular weight is 364 g/mol. The van der Waals surface area contributed by atoms with Crippen LogP contribution in [0.15, 0.2) is 67.0 Å². The highest BCUT2D eigenvalue weighted by Gasteiger charge is 2.13. The summed E-state index contributed by atoms with van der Waals surface area (Å²) in [5.41, 5.74) is 2.12. The molecule has 0 saturated heterocycles. The Kier molecular flexibility index (Phi) is 6.10. The number of rotatable bonds is 7. The van der Waals surface area contributed by atoms with Gasteiger partial charge in [-0.3, -0.25) is 4.79 Å². The van der Waals surface area contributed by atoms with Gasteiger partial charge in [-0.25, -0.2) is 14.4 Å². The first-order chi connectivity index (χ1) is 13.1. The molecule has 0 bridgehead atoms.